The van der Waals surface area contributed by atoms with Crippen molar-refractivity contribution in [1.29, 1.82) is 0 Å². The van der Waals surface area contributed by atoms with Gasteiger partial charge in [-0.1, -0.05) is 38.3 Å². The van der Waals surface area contributed by atoms with Gasteiger partial charge in [0.15, 0.2) is 0 Å². The number of aliphatic hydroxyl groups is 1. The minimum atomic E-state index is -0.700. The van der Waals surface area contributed by atoms with Crippen molar-refractivity contribution in [2.45, 2.75) is 83.7 Å². The van der Waals surface area contributed by atoms with Gasteiger partial charge in [0.25, 0.3) is 0 Å². The fourth-order valence-electron chi connectivity index (χ4n) is 2.07. The fraction of sp³-hybridized carbons (Fsp3) is 0.812. The van der Waals surface area contributed by atoms with Gasteiger partial charge in [-0.15, -0.1) is 0 Å². The third-order valence-electron chi connectivity index (χ3n) is 3.21. The second-order valence-corrected chi connectivity index (χ2v) is 5.19. The molecule has 0 aliphatic rings. The molecule has 2 N–H and O–H groups in total. The largest absolute Gasteiger partial charge is 0.481 e. The summed E-state index contributed by atoms with van der Waals surface area (Å²) in [5.41, 5.74) is 0. The zero-order chi connectivity index (χ0) is 14.3. The zero-order valence-electron chi connectivity index (χ0n) is 12.3. The van der Waals surface area contributed by atoms with E-state index < -0.39 is 5.97 Å². The lowest BCUT2D eigenvalue weighted by Crippen LogP contribution is -2.04. The molecule has 0 aromatic rings. The van der Waals surface area contributed by atoms with E-state index in [1.54, 1.807) is 0 Å². The van der Waals surface area contributed by atoms with E-state index in [9.17, 15) is 9.90 Å². The second-order valence-electron chi connectivity index (χ2n) is 5.19. The Balaban J connectivity index is 3.19. The number of hydrogen-bond acceptors (Lipinski definition) is 2. The molecule has 112 valence electrons. The van der Waals surface area contributed by atoms with Gasteiger partial charge in [-0.25, -0.2) is 0 Å². The van der Waals surface area contributed by atoms with Crippen LogP contribution in [0.1, 0.15) is 77.6 Å². The van der Waals surface area contributed by atoms with Crippen LogP contribution in [0.5, 0.6) is 0 Å². The van der Waals surface area contributed by atoms with Crippen LogP contribution < -0.4 is 0 Å². The predicted octanol–water partition coefficient (Wildman–Crippen LogP) is 4.30. The third-order valence-corrected chi connectivity index (χ3v) is 3.21. The van der Waals surface area contributed by atoms with Gasteiger partial charge >= 0.3 is 5.97 Å². The van der Waals surface area contributed by atoms with Crippen LogP contribution in [0.15, 0.2) is 12.2 Å². The maximum absolute atomic E-state index is 10.3. The van der Waals surface area contributed by atoms with Crippen molar-refractivity contribution < 1.29 is 15.0 Å². The number of aliphatic hydroxyl groups excluding tert-OH is 1. The summed E-state index contributed by atoms with van der Waals surface area (Å²) >= 11 is 0. The summed E-state index contributed by atoms with van der Waals surface area (Å²) in [6, 6.07) is 0. The summed E-state index contributed by atoms with van der Waals surface area (Å²) < 4.78 is 0. The molecule has 1 unspecified atom stereocenters. The average Bonchev–Trinajstić information content (AvgIpc) is 2.36. The van der Waals surface area contributed by atoms with Gasteiger partial charge in [-0.05, 0) is 44.9 Å². The molecule has 0 radical (unpaired) electrons. The van der Waals surface area contributed by atoms with E-state index in [-0.39, 0.29) is 12.5 Å². The van der Waals surface area contributed by atoms with Gasteiger partial charge in [0.05, 0.1) is 6.10 Å². The number of allylic oxidation sites excluding steroid dienone is 2. The number of hydrogen-bond donors (Lipinski definition) is 2. The lowest BCUT2D eigenvalue weighted by atomic mass is 10.1. The predicted molar refractivity (Wildman–Crippen MR) is 79.2 cm³/mol. The molecule has 1 atom stereocenters. The Kier molecular flexibility index (Phi) is 13.0. The molecule has 0 heterocycles. The molecule has 0 aliphatic heterocycles. The maximum Gasteiger partial charge on any atom is 0.303 e. The van der Waals surface area contributed by atoms with Crippen LogP contribution in [0.3, 0.4) is 0 Å². The van der Waals surface area contributed by atoms with Crippen LogP contribution >= 0.6 is 0 Å². The monoisotopic (exact) mass is 270 g/mol. The smallest absolute Gasteiger partial charge is 0.303 e. The van der Waals surface area contributed by atoms with Gasteiger partial charge in [-0.3, -0.25) is 4.79 Å². The van der Waals surface area contributed by atoms with Gasteiger partial charge in [0.1, 0.15) is 0 Å². The second kappa shape index (κ2) is 13.6. The van der Waals surface area contributed by atoms with Gasteiger partial charge in [-0.2, -0.15) is 0 Å². The molecule has 3 nitrogen and oxygen atoms in total. The van der Waals surface area contributed by atoms with E-state index in [1.807, 2.05) is 0 Å². The first-order valence-corrected chi connectivity index (χ1v) is 7.71. The minimum Gasteiger partial charge on any atom is -0.481 e. The van der Waals surface area contributed by atoms with Crippen molar-refractivity contribution in [3.63, 3.8) is 0 Å². The van der Waals surface area contributed by atoms with Gasteiger partial charge in [0, 0.05) is 6.42 Å². The Bertz CT molecular complexity index is 236. The highest BCUT2D eigenvalue weighted by Crippen LogP contribution is 2.10. The number of carboxylic acids is 1. The van der Waals surface area contributed by atoms with Crippen LogP contribution in [0.2, 0.25) is 0 Å². The van der Waals surface area contributed by atoms with Crippen molar-refractivity contribution in [3.05, 3.63) is 12.2 Å². The molecular formula is C16H30O3. The number of rotatable bonds is 13. The molecule has 0 aromatic heterocycles. The van der Waals surface area contributed by atoms with Crippen LogP contribution in [-0.2, 0) is 4.79 Å². The zero-order valence-corrected chi connectivity index (χ0v) is 12.3. The van der Waals surface area contributed by atoms with Crippen LogP contribution in [0.25, 0.3) is 0 Å². The first-order valence-electron chi connectivity index (χ1n) is 7.71. The molecule has 0 spiro atoms. The molecule has 0 amide bonds. The number of aliphatic carboxylic acids is 1. The van der Waals surface area contributed by atoms with E-state index in [1.165, 1.54) is 12.8 Å². The molecule has 0 fully saturated rings. The summed E-state index contributed by atoms with van der Waals surface area (Å²) in [6.45, 7) is 2.10. The Morgan fingerprint density at radius 3 is 2.21 bits per heavy atom. The third kappa shape index (κ3) is 15.1. The molecule has 0 rings (SSSR count). The highest BCUT2D eigenvalue weighted by Gasteiger charge is 2.01. The van der Waals surface area contributed by atoms with Crippen molar-refractivity contribution in [1.82, 2.24) is 0 Å². The highest BCUT2D eigenvalue weighted by molar-refractivity contribution is 5.66. The maximum atomic E-state index is 10.3. The fourth-order valence-corrected chi connectivity index (χ4v) is 2.07. The molecule has 3 heteroatoms. The quantitative estimate of drug-likeness (QED) is 0.387. The van der Waals surface area contributed by atoms with Gasteiger partial charge in [0.2, 0.25) is 0 Å². The summed E-state index contributed by atoms with van der Waals surface area (Å²) in [5.74, 6) is -0.700. The summed E-state index contributed by atoms with van der Waals surface area (Å²) in [7, 11) is 0. The highest BCUT2D eigenvalue weighted by atomic mass is 16.4. The Morgan fingerprint density at radius 1 is 1.00 bits per heavy atom. The van der Waals surface area contributed by atoms with E-state index in [4.69, 9.17) is 5.11 Å². The first-order chi connectivity index (χ1) is 9.16. The molecule has 0 aliphatic carbocycles. The number of carboxylic acid groups (broad SMARTS) is 1. The normalized spacial score (nSPS) is 12.9. The Morgan fingerprint density at radius 2 is 1.63 bits per heavy atom. The minimum absolute atomic E-state index is 0.102. The molecule has 0 saturated heterocycles. The topological polar surface area (TPSA) is 57.5 Å². The van der Waals surface area contributed by atoms with Crippen LogP contribution in [0, 0.1) is 0 Å². The molecule has 0 saturated carbocycles. The average molecular weight is 270 g/mol. The lowest BCUT2D eigenvalue weighted by Gasteiger charge is -2.07. The van der Waals surface area contributed by atoms with E-state index in [0.29, 0.717) is 0 Å². The van der Waals surface area contributed by atoms with Crippen molar-refractivity contribution >= 4 is 5.97 Å². The van der Waals surface area contributed by atoms with Crippen molar-refractivity contribution in [3.8, 4) is 0 Å². The van der Waals surface area contributed by atoms with E-state index >= 15 is 0 Å². The van der Waals surface area contributed by atoms with Crippen molar-refractivity contribution in [2.75, 3.05) is 0 Å². The van der Waals surface area contributed by atoms with Crippen LogP contribution in [0.4, 0.5) is 0 Å². The first kappa shape index (κ1) is 18.2. The summed E-state index contributed by atoms with van der Waals surface area (Å²) in [4.78, 5) is 10.3. The Labute approximate surface area is 117 Å². The van der Waals surface area contributed by atoms with E-state index in [0.717, 1.165) is 51.4 Å². The Hall–Kier alpha value is -0.830. The van der Waals surface area contributed by atoms with E-state index in [2.05, 4.69) is 19.1 Å². The number of unbranched alkanes of at least 4 members (excludes halogenated alkanes) is 5. The van der Waals surface area contributed by atoms with Crippen LogP contribution in [-0.4, -0.2) is 22.3 Å². The standard InChI is InChI=1S/C16H30O3/c1-2-12-15(17)13-10-8-6-4-3-5-7-9-11-14-16(18)19/h3,5,15,17H,2,4,6-14H2,1H3,(H,18,19)/b5-3-. The SMILES string of the molecule is CCCC(O)CCCCC/C=C\CCCCC(=O)O. The molecule has 0 aromatic carbocycles. The van der Waals surface area contributed by atoms with Crippen molar-refractivity contribution in [2.24, 2.45) is 0 Å². The number of carbonyl (C=O) groups is 1. The summed E-state index contributed by atoms with van der Waals surface area (Å²) in [6.07, 6.45) is 14.8. The molecule has 19 heavy (non-hydrogen) atoms. The molecular weight excluding hydrogens is 240 g/mol. The molecule has 0 bridgehead atoms. The van der Waals surface area contributed by atoms with Gasteiger partial charge < -0.3 is 10.2 Å². The summed E-state index contributed by atoms with van der Waals surface area (Å²) in [5, 5.41) is 18.0. The lowest BCUT2D eigenvalue weighted by molar-refractivity contribution is -0.137.